The van der Waals surface area contributed by atoms with Crippen molar-refractivity contribution in [3.8, 4) is 0 Å². The first-order chi connectivity index (χ1) is 8.24. The Hall–Kier alpha value is -0.380. The van der Waals surface area contributed by atoms with E-state index in [2.05, 4.69) is 30.8 Å². The zero-order valence-corrected chi connectivity index (χ0v) is 11.5. The number of likely N-dealkylation sites (tertiary alicyclic amines) is 1. The van der Waals surface area contributed by atoms with Crippen molar-refractivity contribution >= 4 is 0 Å². The van der Waals surface area contributed by atoms with Gasteiger partial charge in [-0.1, -0.05) is 6.08 Å². The van der Waals surface area contributed by atoms with E-state index in [0.29, 0.717) is 6.04 Å². The molecule has 0 aromatic carbocycles. The second kappa shape index (κ2) is 8.67. The average molecular weight is 240 g/mol. The highest BCUT2D eigenvalue weighted by molar-refractivity contribution is 4.78. The van der Waals surface area contributed by atoms with Gasteiger partial charge in [0.2, 0.25) is 0 Å². The molecule has 1 aliphatic rings. The van der Waals surface area contributed by atoms with Crippen LogP contribution in [0.2, 0.25) is 0 Å². The maximum Gasteiger partial charge on any atom is 0.0591 e. The average Bonchev–Trinajstić information content (AvgIpc) is 2.33. The van der Waals surface area contributed by atoms with Gasteiger partial charge in [-0.3, -0.25) is 0 Å². The van der Waals surface area contributed by atoms with Gasteiger partial charge in [0.25, 0.3) is 0 Å². The number of nitrogens with zero attached hydrogens (tertiary/aromatic N) is 1. The van der Waals surface area contributed by atoms with E-state index in [-0.39, 0.29) is 0 Å². The molecule has 3 heteroatoms. The summed E-state index contributed by atoms with van der Waals surface area (Å²) >= 11 is 0. The van der Waals surface area contributed by atoms with Crippen LogP contribution in [-0.2, 0) is 4.74 Å². The van der Waals surface area contributed by atoms with Crippen LogP contribution in [0.4, 0.5) is 0 Å². The second-order valence-corrected chi connectivity index (χ2v) is 5.10. The first kappa shape index (κ1) is 14.7. The normalized spacial score (nSPS) is 23.5. The van der Waals surface area contributed by atoms with Crippen molar-refractivity contribution in [1.29, 1.82) is 0 Å². The number of hydrogen-bond donors (Lipinski definition) is 1. The number of rotatable bonds is 8. The van der Waals surface area contributed by atoms with Gasteiger partial charge in [0.1, 0.15) is 0 Å². The Bertz CT molecular complexity index is 208. The predicted octanol–water partition coefficient (Wildman–Crippen LogP) is 1.90. The molecule has 0 radical (unpaired) electrons. The topological polar surface area (TPSA) is 24.5 Å². The highest BCUT2D eigenvalue weighted by Crippen LogP contribution is 2.18. The zero-order valence-electron chi connectivity index (χ0n) is 11.5. The molecule has 1 saturated heterocycles. The van der Waals surface area contributed by atoms with Crippen LogP contribution in [0.25, 0.3) is 0 Å². The van der Waals surface area contributed by atoms with Crippen LogP contribution in [0.1, 0.15) is 26.2 Å². The molecule has 0 amide bonds. The third kappa shape index (κ3) is 6.20. The van der Waals surface area contributed by atoms with Crippen LogP contribution in [0.3, 0.4) is 0 Å². The number of nitrogens with one attached hydrogen (secondary N) is 1. The van der Waals surface area contributed by atoms with Crippen molar-refractivity contribution in [1.82, 2.24) is 10.2 Å². The van der Waals surface area contributed by atoms with Crippen LogP contribution in [-0.4, -0.2) is 50.8 Å². The maximum absolute atomic E-state index is 5.49. The van der Waals surface area contributed by atoms with Crippen LogP contribution in [0.15, 0.2) is 12.7 Å². The molecular formula is C14H28N2O. The number of hydrogen-bond acceptors (Lipinski definition) is 3. The standard InChI is InChI=1S/C14H28N2O/c1-4-5-10-17-11-8-15-13(2)14-7-6-9-16(3)12-14/h4,13-15H,1,5-12H2,2-3H3. The molecular weight excluding hydrogens is 212 g/mol. The van der Waals surface area contributed by atoms with Gasteiger partial charge in [-0.15, -0.1) is 6.58 Å². The van der Waals surface area contributed by atoms with Gasteiger partial charge in [-0.05, 0) is 45.7 Å². The van der Waals surface area contributed by atoms with Crippen molar-refractivity contribution in [2.24, 2.45) is 5.92 Å². The fourth-order valence-corrected chi connectivity index (χ4v) is 2.41. The molecule has 17 heavy (non-hydrogen) atoms. The lowest BCUT2D eigenvalue weighted by molar-refractivity contribution is 0.129. The summed E-state index contributed by atoms with van der Waals surface area (Å²) in [6.07, 6.45) is 5.54. The van der Waals surface area contributed by atoms with E-state index in [4.69, 9.17) is 4.74 Å². The van der Waals surface area contributed by atoms with E-state index in [0.717, 1.165) is 32.1 Å². The Kier molecular flexibility index (Phi) is 7.49. The van der Waals surface area contributed by atoms with Gasteiger partial charge in [0.15, 0.2) is 0 Å². The first-order valence-electron chi connectivity index (χ1n) is 6.84. The Balaban J connectivity index is 2.03. The van der Waals surface area contributed by atoms with Crippen molar-refractivity contribution in [3.63, 3.8) is 0 Å². The minimum absolute atomic E-state index is 0.598. The van der Waals surface area contributed by atoms with E-state index in [1.807, 2.05) is 6.08 Å². The van der Waals surface area contributed by atoms with Crippen LogP contribution < -0.4 is 5.32 Å². The minimum Gasteiger partial charge on any atom is -0.380 e. The zero-order chi connectivity index (χ0) is 12.5. The van der Waals surface area contributed by atoms with E-state index >= 15 is 0 Å². The summed E-state index contributed by atoms with van der Waals surface area (Å²) in [5.74, 6) is 0.793. The second-order valence-electron chi connectivity index (χ2n) is 5.10. The van der Waals surface area contributed by atoms with Crippen LogP contribution in [0, 0.1) is 5.92 Å². The Labute approximate surface area is 106 Å². The summed E-state index contributed by atoms with van der Waals surface area (Å²) in [6, 6.07) is 0.598. The maximum atomic E-state index is 5.49. The third-order valence-corrected chi connectivity index (χ3v) is 3.55. The molecule has 0 aromatic rings. The lowest BCUT2D eigenvalue weighted by Crippen LogP contribution is -2.43. The number of ether oxygens (including phenoxy) is 1. The number of piperidine rings is 1. The molecule has 1 heterocycles. The van der Waals surface area contributed by atoms with Gasteiger partial charge in [-0.25, -0.2) is 0 Å². The molecule has 1 aliphatic heterocycles. The smallest absolute Gasteiger partial charge is 0.0591 e. The van der Waals surface area contributed by atoms with E-state index in [1.165, 1.54) is 25.9 Å². The van der Waals surface area contributed by atoms with E-state index in [1.54, 1.807) is 0 Å². The molecule has 1 fully saturated rings. The molecule has 1 rings (SSSR count). The molecule has 0 aliphatic carbocycles. The molecule has 2 unspecified atom stereocenters. The Morgan fingerprint density at radius 2 is 2.35 bits per heavy atom. The fraction of sp³-hybridized carbons (Fsp3) is 0.857. The Morgan fingerprint density at radius 3 is 3.06 bits per heavy atom. The minimum atomic E-state index is 0.598. The highest BCUT2D eigenvalue weighted by Gasteiger charge is 2.21. The Morgan fingerprint density at radius 1 is 1.53 bits per heavy atom. The lowest BCUT2D eigenvalue weighted by atomic mass is 9.92. The molecule has 0 saturated carbocycles. The van der Waals surface area contributed by atoms with Gasteiger partial charge >= 0.3 is 0 Å². The van der Waals surface area contributed by atoms with Gasteiger partial charge in [0.05, 0.1) is 13.2 Å². The van der Waals surface area contributed by atoms with Crippen molar-refractivity contribution in [2.75, 3.05) is 39.9 Å². The quantitative estimate of drug-likeness (QED) is 0.518. The molecule has 1 N–H and O–H groups in total. The summed E-state index contributed by atoms with van der Waals surface area (Å²) < 4.78 is 5.49. The summed E-state index contributed by atoms with van der Waals surface area (Å²) in [5, 5.41) is 3.57. The van der Waals surface area contributed by atoms with E-state index in [9.17, 15) is 0 Å². The summed E-state index contributed by atoms with van der Waals surface area (Å²) in [7, 11) is 2.22. The monoisotopic (exact) mass is 240 g/mol. The van der Waals surface area contributed by atoms with Crippen molar-refractivity contribution in [2.45, 2.75) is 32.2 Å². The first-order valence-corrected chi connectivity index (χ1v) is 6.84. The molecule has 3 nitrogen and oxygen atoms in total. The third-order valence-electron chi connectivity index (χ3n) is 3.55. The predicted molar refractivity (Wildman–Crippen MR) is 73.3 cm³/mol. The summed E-state index contributed by atoms with van der Waals surface area (Å²) in [4.78, 5) is 2.44. The molecule has 0 spiro atoms. The summed E-state index contributed by atoms with van der Waals surface area (Å²) in [6.45, 7) is 11.0. The van der Waals surface area contributed by atoms with Gasteiger partial charge < -0.3 is 15.0 Å². The lowest BCUT2D eigenvalue weighted by Gasteiger charge is -2.34. The van der Waals surface area contributed by atoms with Crippen molar-refractivity contribution < 1.29 is 4.74 Å². The SMILES string of the molecule is C=CCCOCCNC(C)C1CCCN(C)C1. The highest BCUT2D eigenvalue weighted by atomic mass is 16.5. The van der Waals surface area contributed by atoms with Gasteiger partial charge in [0, 0.05) is 19.1 Å². The van der Waals surface area contributed by atoms with Gasteiger partial charge in [-0.2, -0.15) is 0 Å². The fourth-order valence-electron chi connectivity index (χ4n) is 2.41. The molecule has 2 atom stereocenters. The van der Waals surface area contributed by atoms with E-state index < -0.39 is 0 Å². The van der Waals surface area contributed by atoms with Crippen LogP contribution in [0.5, 0.6) is 0 Å². The van der Waals surface area contributed by atoms with Crippen molar-refractivity contribution in [3.05, 3.63) is 12.7 Å². The van der Waals surface area contributed by atoms with Crippen LogP contribution >= 0.6 is 0 Å². The molecule has 100 valence electrons. The molecule has 0 aromatic heterocycles. The largest absolute Gasteiger partial charge is 0.380 e. The molecule has 0 bridgehead atoms. The summed E-state index contributed by atoms with van der Waals surface area (Å²) in [5.41, 5.74) is 0.